The van der Waals surface area contributed by atoms with Gasteiger partial charge in [-0.15, -0.1) is 0 Å². The van der Waals surface area contributed by atoms with Gasteiger partial charge in [0.15, 0.2) is 0 Å². The highest BCUT2D eigenvalue weighted by Crippen LogP contribution is 2.28. The lowest BCUT2D eigenvalue weighted by Crippen LogP contribution is -2.42. The molecule has 0 aromatic rings. The van der Waals surface area contributed by atoms with E-state index in [1.807, 2.05) is 13.8 Å². The van der Waals surface area contributed by atoms with Crippen LogP contribution in [0.2, 0.25) is 0 Å². The number of rotatable bonds is 7. The van der Waals surface area contributed by atoms with Gasteiger partial charge in [-0.25, -0.2) is 8.78 Å². The largest absolute Gasteiger partial charge is 0.373 e. The lowest BCUT2D eigenvalue weighted by Gasteiger charge is -2.37. The predicted molar refractivity (Wildman–Crippen MR) is 67.9 cm³/mol. The average molecular weight is 262 g/mol. The smallest absolute Gasteiger partial charge is 0.268 e. The summed E-state index contributed by atoms with van der Waals surface area (Å²) < 4.78 is 37.7. The van der Waals surface area contributed by atoms with E-state index in [1.54, 1.807) is 0 Å². The SMILES string of the molecule is CC(C)OC1CCC1OC/C=C/C(F)(F)C(C)C. The van der Waals surface area contributed by atoms with Gasteiger partial charge in [-0.05, 0) is 32.8 Å². The second kappa shape index (κ2) is 6.62. The molecule has 1 saturated carbocycles. The summed E-state index contributed by atoms with van der Waals surface area (Å²) in [4.78, 5) is 0. The van der Waals surface area contributed by atoms with Crippen molar-refractivity contribution in [3.05, 3.63) is 12.2 Å². The third-order valence-corrected chi connectivity index (χ3v) is 3.11. The molecule has 0 bridgehead atoms. The predicted octanol–water partition coefficient (Wildman–Crippen LogP) is 3.81. The number of hydrogen-bond acceptors (Lipinski definition) is 2. The quantitative estimate of drug-likeness (QED) is 0.650. The van der Waals surface area contributed by atoms with Crippen molar-refractivity contribution in [3.8, 4) is 0 Å². The lowest BCUT2D eigenvalue weighted by atomic mass is 9.91. The standard InChI is InChI=1S/C14H24F2O2/c1-10(2)14(15,16)8-5-9-17-12-6-7-13(12)18-11(3)4/h5,8,10-13H,6-7,9H2,1-4H3/b8-5+. The lowest BCUT2D eigenvalue weighted by molar-refractivity contribution is -0.139. The Morgan fingerprint density at radius 3 is 2.22 bits per heavy atom. The first kappa shape index (κ1) is 15.6. The van der Waals surface area contributed by atoms with Crippen LogP contribution in [0.3, 0.4) is 0 Å². The van der Waals surface area contributed by atoms with Gasteiger partial charge < -0.3 is 9.47 Å². The number of alkyl halides is 2. The maximum atomic E-state index is 13.2. The van der Waals surface area contributed by atoms with Gasteiger partial charge in [0.1, 0.15) is 0 Å². The van der Waals surface area contributed by atoms with Crippen LogP contribution in [0, 0.1) is 5.92 Å². The van der Waals surface area contributed by atoms with Gasteiger partial charge in [-0.2, -0.15) is 0 Å². The number of allylic oxidation sites excluding steroid dienone is 1. The maximum Gasteiger partial charge on any atom is 0.268 e. The highest BCUT2D eigenvalue weighted by Gasteiger charge is 2.33. The molecule has 0 spiro atoms. The monoisotopic (exact) mass is 262 g/mol. The molecule has 0 saturated heterocycles. The molecule has 0 radical (unpaired) electrons. The first-order chi connectivity index (χ1) is 8.33. The van der Waals surface area contributed by atoms with Crippen molar-refractivity contribution < 1.29 is 18.3 Å². The molecule has 1 rings (SSSR count). The minimum atomic E-state index is -2.75. The van der Waals surface area contributed by atoms with E-state index in [1.165, 1.54) is 19.9 Å². The summed E-state index contributed by atoms with van der Waals surface area (Å²) in [6.45, 7) is 7.20. The molecular weight excluding hydrogens is 238 g/mol. The molecule has 0 N–H and O–H groups in total. The second-order valence-corrected chi connectivity index (χ2v) is 5.40. The molecule has 0 amide bonds. The first-order valence-corrected chi connectivity index (χ1v) is 6.65. The summed E-state index contributed by atoms with van der Waals surface area (Å²) in [5, 5.41) is 0. The zero-order chi connectivity index (χ0) is 13.8. The van der Waals surface area contributed by atoms with Crippen molar-refractivity contribution in [1.29, 1.82) is 0 Å². The molecule has 4 heteroatoms. The Morgan fingerprint density at radius 1 is 1.17 bits per heavy atom. The van der Waals surface area contributed by atoms with Gasteiger partial charge >= 0.3 is 0 Å². The molecule has 2 atom stereocenters. The summed E-state index contributed by atoms with van der Waals surface area (Å²) in [7, 11) is 0. The molecule has 2 unspecified atom stereocenters. The van der Waals surface area contributed by atoms with Crippen molar-refractivity contribution in [3.63, 3.8) is 0 Å². The minimum absolute atomic E-state index is 0.0599. The molecule has 1 fully saturated rings. The Kier molecular flexibility index (Phi) is 5.73. The van der Waals surface area contributed by atoms with E-state index >= 15 is 0 Å². The maximum absolute atomic E-state index is 13.2. The fraction of sp³-hybridized carbons (Fsp3) is 0.857. The van der Waals surface area contributed by atoms with Gasteiger partial charge in [0.05, 0.1) is 24.9 Å². The van der Waals surface area contributed by atoms with E-state index in [0.29, 0.717) is 0 Å². The van der Waals surface area contributed by atoms with Gasteiger partial charge in [0.2, 0.25) is 0 Å². The zero-order valence-corrected chi connectivity index (χ0v) is 11.7. The summed E-state index contributed by atoms with van der Waals surface area (Å²) >= 11 is 0. The molecule has 18 heavy (non-hydrogen) atoms. The average Bonchev–Trinajstić information content (AvgIpc) is 2.23. The topological polar surface area (TPSA) is 18.5 Å². The third kappa shape index (κ3) is 4.65. The van der Waals surface area contributed by atoms with E-state index in [0.717, 1.165) is 18.9 Å². The molecule has 2 nitrogen and oxygen atoms in total. The molecule has 1 aliphatic rings. The molecule has 0 heterocycles. The van der Waals surface area contributed by atoms with Crippen LogP contribution in [-0.4, -0.2) is 30.8 Å². The Labute approximate surface area is 108 Å². The van der Waals surface area contributed by atoms with Crippen molar-refractivity contribution >= 4 is 0 Å². The van der Waals surface area contributed by atoms with Crippen LogP contribution in [0.25, 0.3) is 0 Å². The molecule has 0 aromatic carbocycles. The van der Waals surface area contributed by atoms with Crippen molar-refractivity contribution in [2.24, 2.45) is 5.92 Å². The van der Waals surface area contributed by atoms with Crippen LogP contribution in [0.1, 0.15) is 40.5 Å². The van der Waals surface area contributed by atoms with Crippen LogP contribution >= 0.6 is 0 Å². The summed E-state index contributed by atoms with van der Waals surface area (Å²) in [6, 6.07) is 0. The summed E-state index contributed by atoms with van der Waals surface area (Å²) in [5.74, 6) is -3.44. The fourth-order valence-corrected chi connectivity index (χ4v) is 1.71. The van der Waals surface area contributed by atoms with Crippen molar-refractivity contribution in [2.45, 2.75) is 64.8 Å². The number of ether oxygens (including phenoxy) is 2. The summed E-state index contributed by atoms with van der Waals surface area (Å²) in [6.07, 6.45) is 4.66. The second-order valence-electron chi connectivity index (χ2n) is 5.40. The highest BCUT2D eigenvalue weighted by molar-refractivity contribution is 4.97. The van der Waals surface area contributed by atoms with E-state index in [4.69, 9.17) is 9.47 Å². The Balaban J connectivity index is 2.24. The zero-order valence-electron chi connectivity index (χ0n) is 11.7. The third-order valence-electron chi connectivity index (χ3n) is 3.11. The Bertz CT molecular complexity index is 275. The minimum Gasteiger partial charge on any atom is -0.373 e. The highest BCUT2D eigenvalue weighted by atomic mass is 19.3. The van der Waals surface area contributed by atoms with Crippen molar-refractivity contribution in [1.82, 2.24) is 0 Å². The van der Waals surface area contributed by atoms with E-state index in [9.17, 15) is 8.78 Å². The van der Waals surface area contributed by atoms with Gasteiger partial charge in [-0.1, -0.05) is 19.9 Å². The van der Waals surface area contributed by atoms with Crippen LogP contribution in [0.5, 0.6) is 0 Å². The fourth-order valence-electron chi connectivity index (χ4n) is 1.71. The van der Waals surface area contributed by atoms with E-state index < -0.39 is 11.8 Å². The van der Waals surface area contributed by atoms with Crippen LogP contribution in [-0.2, 0) is 9.47 Å². The van der Waals surface area contributed by atoms with Gasteiger partial charge in [-0.3, -0.25) is 0 Å². The van der Waals surface area contributed by atoms with Crippen molar-refractivity contribution in [2.75, 3.05) is 6.61 Å². The van der Waals surface area contributed by atoms with Crippen LogP contribution in [0.15, 0.2) is 12.2 Å². The number of halogens is 2. The van der Waals surface area contributed by atoms with Gasteiger partial charge in [0, 0.05) is 5.92 Å². The van der Waals surface area contributed by atoms with Gasteiger partial charge in [0.25, 0.3) is 5.92 Å². The molecule has 0 aliphatic heterocycles. The molecule has 0 aromatic heterocycles. The number of hydrogen-bond donors (Lipinski definition) is 0. The molecule has 1 aliphatic carbocycles. The Morgan fingerprint density at radius 2 is 1.78 bits per heavy atom. The van der Waals surface area contributed by atoms with Crippen LogP contribution in [0.4, 0.5) is 8.78 Å². The molecule has 106 valence electrons. The van der Waals surface area contributed by atoms with Crippen LogP contribution < -0.4 is 0 Å². The summed E-state index contributed by atoms with van der Waals surface area (Å²) in [5.41, 5.74) is 0. The van der Waals surface area contributed by atoms with E-state index in [2.05, 4.69) is 0 Å². The first-order valence-electron chi connectivity index (χ1n) is 6.65. The Hall–Kier alpha value is -0.480. The normalized spacial score (nSPS) is 25.1. The molecular formula is C14H24F2O2. The van der Waals surface area contributed by atoms with E-state index in [-0.39, 0.29) is 24.9 Å².